The number of nitrogens with zero attached hydrogens (tertiary/aromatic N) is 5. The van der Waals surface area contributed by atoms with Crippen molar-refractivity contribution < 1.29 is 9.53 Å². The number of hydrogen-bond acceptors (Lipinski definition) is 5. The van der Waals surface area contributed by atoms with Crippen LogP contribution in [-0.2, 0) is 16.1 Å². The van der Waals surface area contributed by atoms with Crippen molar-refractivity contribution in [2.75, 3.05) is 13.2 Å². The summed E-state index contributed by atoms with van der Waals surface area (Å²) in [5, 5.41) is 12.6. The van der Waals surface area contributed by atoms with Crippen LogP contribution in [0, 0.1) is 6.92 Å². The Morgan fingerprint density at radius 1 is 1.28 bits per heavy atom. The number of benzene rings is 1. The van der Waals surface area contributed by atoms with E-state index in [1.165, 1.54) is 11.2 Å². The zero-order chi connectivity index (χ0) is 17.2. The van der Waals surface area contributed by atoms with Crippen LogP contribution < -0.4 is 0 Å². The molecular formula is C18H23N5O2. The maximum atomic E-state index is 12.8. The zero-order valence-electron chi connectivity index (χ0n) is 14.5. The number of ether oxygens (including phenoxy) is 1. The summed E-state index contributed by atoms with van der Waals surface area (Å²) in [5.74, 6) is 0.609. The van der Waals surface area contributed by atoms with Crippen LogP contribution in [0.3, 0.4) is 0 Å². The topological polar surface area (TPSA) is 73.1 Å². The van der Waals surface area contributed by atoms with Crippen molar-refractivity contribution in [3.05, 3.63) is 29.8 Å². The summed E-state index contributed by atoms with van der Waals surface area (Å²) < 4.78 is 5.84. The van der Waals surface area contributed by atoms with Crippen LogP contribution in [0.25, 0.3) is 11.4 Å². The molecule has 2 heterocycles. The first-order chi connectivity index (χ1) is 12.2. The lowest BCUT2D eigenvalue weighted by molar-refractivity contribution is -0.150. The fraction of sp³-hybridized carbons (Fsp3) is 0.556. The number of carbonyl (C=O) groups is 1. The SMILES string of the molecule is Cc1ccccc1-c1nnn(CC(=O)N2CCOC3CCCCC32)n1. The molecule has 1 aliphatic carbocycles. The van der Waals surface area contributed by atoms with Gasteiger partial charge in [-0.1, -0.05) is 37.1 Å². The van der Waals surface area contributed by atoms with Crippen LogP contribution in [0.15, 0.2) is 24.3 Å². The molecule has 1 aliphatic heterocycles. The van der Waals surface area contributed by atoms with E-state index in [1.807, 2.05) is 36.1 Å². The third-order valence-electron chi connectivity index (χ3n) is 5.17. The Kier molecular flexibility index (Phi) is 4.48. The molecule has 2 atom stereocenters. The van der Waals surface area contributed by atoms with Crippen molar-refractivity contribution in [1.82, 2.24) is 25.1 Å². The third kappa shape index (κ3) is 3.28. The first-order valence-corrected chi connectivity index (χ1v) is 8.97. The van der Waals surface area contributed by atoms with Crippen molar-refractivity contribution in [3.8, 4) is 11.4 Å². The van der Waals surface area contributed by atoms with Gasteiger partial charge < -0.3 is 9.64 Å². The number of fused-ring (bicyclic) bond motifs is 1. The van der Waals surface area contributed by atoms with Crippen LogP contribution in [0.4, 0.5) is 0 Å². The smallest absolute Gasteiger partial charge is 0.246 e. The highest BCUT2D eigenvalue weighted by molar-refractivity contribution is 5.76. The van der Waals surface area contributed by atoms with Crippen LogP contribution in [0.5, 0.6) is 0 Å². The van der Waals surface area contributed by atoms with E-state index in [9.17, 15) is 4.79 Å². The molecule has 0 spiro atoms. The first kappa shape index (κ1) is 16.2. The molecule has 4 rings (SSSR count). The van der Waals surface area contributed by atoms with E-state index in [1.54, 1.807) is 0 Å². The number of tetrazole rings is 1. The molecular weight excluding hydrogens is 318 g/mol. The molecule has 7 nitrogen and oxygen atoms in total. The Labute approximate surface area is 147 Å². The number of aromatic nitrogens is 4. The van der Waals surface area contributed by atoms with E-state index in [0.29, 0.717) is 19.0 Å². The number of aryl methyl sites for hydroxylation is 1. The predicted molar refractivity (Wildman–Crippen MR) is 91.7 cm³/mol. The first-order valence-electron chi connectivity index (χ1n) is 8.97. The van der Waals surface area contributed by atoms with Gasteiger partial charge in [-0.3, -0.25) is 4.79 Å². The van der Waals surface area contributed by atoms with Crippen LogP contribution in [-0.4, -0.2) is 56.3 Å². The molecule has 2 aliphatic rings. The van der Waals surface area contributed by atoms with Crippen molar-refractivity contribution in [1.29, 1.82) is 0 Å². The van der Waals surface area contributed by atoms with Crippen LogP contribution >= 0.6 is 0 Å². The van der Waals surface area contributed by atoms with Gasteiger partial charge in [0, 0.05) is 12.1 Å². The number of hydrogen-bond donors (Lipinski definition) is 0. The molecule has 1 amide bonds. The van der Waals surface area contributed by atoms with Gasteiger partial charge in [-0.25, -0.2) is 0 Å². The van der Waals surface area contributed by atoms with Crippen molar-refractivity contribution >= 4 is 5.91 Å². The lowest BCUT2D eigenvalue weighted by Crippen LogP contribution is -2.55. The quantitative estimate of drug-likeness (QED) is 0.851. The van der Waals surface area contributed by atoms with Crippen molar-refractivity contribution in [2.45, 2.75) is 51.3 Å². The normalized spacial score (nSPS) is 23.3. The van der Waals surface area contributed by atoms with Gasteiger partial charge in [0.05, 0.1) is 18.8 Å². The molecule has 25 heavy (non-hydrogen) atoms. The van der Waals surface area contributed by atoms with Crippen LogP contribution in [0.2, 0.25) is 0 Å². The van der Waals surface area contributed by atoms with Gasteiger partial charge in [-0.2, -0.15) is 4.80 Å². The molecule has 1 aromatic heterocycles. The van der Waals surface area contributed by atoms with Gasteiger partial charge in [0.25, 0.3) is 0 Å². The maximum absolute atomic E-state index is 12.8. The lowest BCUT2D eigenvalue weighted by atomic mass is 9.90. The molecule has 1 aromatic carbocycles. The molecule has 0 bridgehead atoms. The Morgan fingerprint density at radius 3 is 3.00 bits per heavy atom. The van der Waals surface area contributed by atoms with E-state index < -0.39 is 0 Å². The molecule has 1 saturated carbocycles. The predicted octanol–water partition coefficient (Wildman–Crippen LogP) is 1.82. The standard InChI is InChI=1S/C18H23N5O2/c1-13-6-2-3-7-14(13)18-19-21-23(20-18)12-17(24)22-10-11-25-16-9-5-4-8-15(16)22/h2-3,6-7,15-16H,4-5,8-12H2,1H3. The maximum Gasteiger partial charge on any atom is 0.246 e. The monoisotopic (exact) mass is 341 g/mol. The molecule has 1 saturated heterocycles. The Morgan fingerprint density at radius 2 is 2.12 bits per heavy atom. The lowest BCUT2D eigenvalue weighted by Gasteiger charge is -2.43. The molecule has 2 fully saturated rings. The second-order valence-corrected chi connectivity index (χ2v) is 6.81. The second-order valence-electron chi connectivity index (χ2n) is 6.81. The van der Waals surface area contributed by atoms with Gasteiger partial charge in [-0.05, 0) is 30.5 Å². The minimum Gasteiger partial charge on any atom is -0.374 e. The molecule has 0 N–H and O–H groups in total. The minimum absolute atomic E-state index is 0.0499. The third-order valence-corrected chi connectivity index (χ3v) is 5.17. The number of rotatable bonds is 3. The van der Waals surface area contributed by atoms with Gasteiger partial charge in [-0.15, -0.1) is 10.2 Å². The van der Waals surface area contributed by atoms with Gasteiger partial charge in [0.1, 0.15) is 6.54 Å². The Hall–Kier alpha value is -2.28. The van der Waals surface area contributed by atoms with E-state index >= 15 is 0 Å². The summed E-state index contributed by atoms with van der Waals surface area (Å²) in [6.07, 6.45) is 4.61. The average Bonchev–Trinajstić information content (AvgIpc) is 3.09. The van der Waals surface area contributed by atoms with E-state index in [4.69, 9.17) is 4.74 Å². The summed E-state index contributed by atoms with van der Waals surface area (Å²) >= 11 is 0. The Bertz CT molecular complexity index is 757. The summed E-state index contributed by atoms with van der Waals surface area (Å²) in [7, 11) is 0. The Balaban J connectivity index is 1.47. The fourth-order valence-electron chi connectivity index (χ4n) is 3.86. The highest BCUT2D eigenvalue weighted by atomic mass is 16.5. The summed E-state index contributed by atoms with van der Waals surface area (Å²) in [4.78, 5) is 16.1. The highest BCUT2D eigenvalue weighted by Gasteiger charge is 2.36. The minimum atomic E-state index is 0.0499. The average molecular weight is 341 g/mol. The number of carbonyl (C=O) groups excluding carboxylic acids is 1. The number of amides is 1. The largest absolute Gasteiger partial charge is 0.374 e. The fourth-order valence-corrected chi connectivity index (χ4v) is 3.86. The molecule has 0 radical (unpaired) electrons. The summed E-state index contributed by atoms with van der Waals surface area (Å²) in [6.45, 7) is 3.41. The molecule has 2 aromatic rings. The van der Waals surface area contributed by atoms with E-state index in [0.717, 1.165) is 30.4 Å². The highest BCUT2D eigenvalue weighted by Crippen LogP contribution is 2.28. The summed E-state index contributed by atoms with van der Waals surface area (Å²) in [5.41, 5.74) is 2.03. The van der Waals surface area contributed by atoms with Crippen molar-refractivity contribution in [2.24, 2.45) is 0 Å². The van der Waals surface area contributed by atoms with Crippen molar-refractivity contribution in [3.63, 3.8) is 0 Å². The van der Waals surface area contributed by atoms with Gasteiger partial charge in [0.15, 0.2) is 0 Å². The van der Waals surface area contributed by atoms with E-state index in [-0.39, 0.29) is 24.6 Å². The number of morpholine rings is 1. The van der Waals surface area contributed by atoms with Crippen LogP contribution in [0.1, 0.15) is 31.2 Å². The zero-order valence-corrected chi connectivity index (χ0v) is 14.5. The van der Waals surface area contributed by atoms with Gasteiger partial charge >= 0.3 is 0 Å². The van der Waals surface area contributed by atoms with Gasteiger partial charge in [0.2, 0.25) is 11.7 Å². The molecule has 132 valence electrons. The molecule has 7 heteroatoms. The summed E-state index contributed by atoms with van der Waals surface area (Å²) in [6, 6.07) is 8.11. The van der Waals surface area contributed by atoms with E-state index in [2.05, 4.69) is 15.4 Å². The molecule has 2 unspecified atom stereocenters. The second kappa shape index (κ2) is 6.92.